The topological polar surface area (TPSA) is 76.8 Å². The molecule has 0 atom stereocenters. The number of hydrogen-bond donors (Lipinski definition) is 2. The van der Waals surface area contributed by atoms with Crippen molar-refractivity contribution in [2.75, 3.05) is 39.1 Å². The van der Waals surface area contributed by atoms with Crippen molar-refractivity contribution >= 4 is 11.6 Å². The summed E-state index contributed by atoms with van der Waals surface area (Å²) in [5, 5.41) is 2.92. The van der Waals surface area contributed by atoms with Gasteiger partial charge in [-0.05, 0) is 55.8 Å². The summed E-state index contributed by atoms with van der Waals surface area (Å²) in [7, 11) is 2.14. The predicted octanol–water partition coefficient (Wildman–Crippen LogP) is 2.69. The molecule has 2 aromatic rings. The van der Waals surface area contributed by atoms with E-state index < -0.39 is 0 Å². The highest BCUT2D eigenvalue weighted by Crippen LogP contribution is 2.15. The molecule has 1 aliphatic heterocycles. The van der Waals surface area contributed by atoms with Gasteiger partial charge in [0.2, 0.25) is 0 Å². The van der Waals surface area contributed by atoms with Gasteiger partial charge in [0.15, 0.2) is 0 Å². The van der Waals surface area contributed by atoms with Gasteiger partial charge < -0.3 is 20.5 Å². The number of ether oxygens (including phenoxy) is 2. The Kier molecular flexibility index (Phi) is 7.28. The van der Waals surface area contributed by atoms with Crippen molar-refractivity contribution in [2.24, 2.45) is 0 Å². The minimum absolute atomic E-state index is 0.142. The zero-order valence-corrected chi connectivity index (χ0v) is 16.4. The molecule has 6 nitrogen and oxygen atoms in total. The van der Waals surface area contributed by atoms with Crippen LogP contribution in [0.2, 0.25) is 0 Å². The first-order valence-corrected chi connectivity index (χ1v) is 9.75. The lowest BCUT2D eigenvalue weighted by atomic mass is 10.1. The number of carbonyl (C=O) groups excluding carboxylic acids is 1. The summed E-state index contributed by atoms with van der Waals surface area (Å²) >= 11 is 0. The fourth-order valence-electron chi connectivity index (χ4n) is 3.33. The van der Waals surface area contributed by atoms with Crippen LogP contribution in [-0.4, -0.2) is 50.3 Å². The second-order valence-electron chi connectivity index (χ2n) is 7.13. The molecular weight excluding hydrogens is 354 g/mol. The maximum absolute atomic E-state index is 12.2. The Hall–Kier alpha value is -2.57. The van der Waals surface area contributed by atoms with E-state index in [0.29, 0.717) is 30.4 Å². The van der Waals surface area contributed by atoms with Crippen LogP contribution in [0.15, 0.2) is 48.5 Å². The molecule has 150 valence electrons. The maximum atomic E-state index is 12.2. The van der Waals surface area contributed by atoms with Crippen LogP contribution in [0.5, 0.6) is 5.75 Å². The molecule has 0 bridgehead atoms. The highest BCUT2D eigenvalue weighted by molar-refractivity contribution is 5.94. The number of nitrogens with zero attached hydrogens (tertiary/aromatic N) is 1. The molecule has 28 heavy (non-hydrogen) atoms. The van der Waals surface area contributed by atoms with E-state index >= 15 is 0 Å². The molecule has 1 amide bonds. The number of nitrogen functional groups attached to an aromatic ring is 1. The van der Waals surface area contributed by atoms with Crippen LogP contribution in [0.3, 0.4) is 0 Å². The lowest BCUT2D eigenvalue weighted by Crippen LogP contribution is -2.38. The Morgan fingerprint density at radius 1 is 1.21 bits per heavy atom. The molecule has 0 radical (unpaired) electrons. The standard InChI is InChI=1S/C22H29N3O3/c1-25(20-8-11-27-12-9-20)10-13-28-21-7-2-4-17(14-21)16-24-22(26)18-5-3-6-19(23)15-18/h2-7,14-15,20H,8-13,16,23H2,1H3,(H,24,26). The van der Waals surface area contributed by atoms with Crippen LogP contribution in [0.25, 0.3) is 0 Å². The van der Waals surface area contributed by atoms with Crippen molar-refractivity contribution in [3.05, 3.63) is 59.7 Å². The highest BCUT2D eigenvalue weighted by Gasteiger charge is 2.18. The fraction of sp³-hybridized carbons (Fsp3) is 0.409. The average Bonchev–Trinajstić information content (AvgIpc) is 2.73. The van der Waals surface area contributed by atoms with E-state index in [-0.39, 0.29) is 5.91 Å². The first kappa shape index (κ1) is 20.2. The Balaban J connectivity index is 1.45. The van der Waals surface area contributed by atoms with Gasteiger partial charge in [-0.3, -0.25) is 9.69 Å². The molecule has 1 heterocycles. The summed E-state index contributed by atoms with van der Waals surface area (Å²) < 4.78 is 11.3. The van der Waals surface area contributed by atoms with Gasteiger partial charge in [0, 0.05) is 43.6 Å². The largest absolute Gasteiger partial charge is 0.492 e. The number of hydrogen-bond acceptors (Lipinski definition) is 5. The summed E-state index contributed by atoms with van der Waals surface area (Å²) in [6.45, 7) is 3.64. The van der Waals surface area contributed by atoms with Crippen LogP contribution in [0.1, 0.15) is 28.8 Å². The molecule has 6 heteroatoms. The lowest BCUT2D eigenvalue weighted by Gasteiger charge is -2.31. The molecular formula is C22H29N3O3. The van der Waals surface area contributed by atoms with E-state index in [1.807, 2.05) is 24.3 Å². The van der Waals surface area contributed by atoms with Gasteiger partial charge in [-0.15, -0.1) is 0 Å². The van der Waals surface area contributed by atoms with Gasteiger partial charge in [0.1, 0.15) is 12.4 Å². The average molecular weight is 383 g/mol. The number of nitrogens with one attached hydrogen (secondary N) is 1. The number of rotatable bonds is 8. The number of benzene rings is 2. The molecule has 3 rings (SSSR count). The minimum atomic E-state index is -0.142. The van der Waals surface area contributed by atoms with Crippen molar-refractivity contribution in [2.45, 2.75) is 25.4 Å². The van der Waals surface area contributed by atoms with Gasteiger partial charge in [0.05, 0.1) is 0 Å². The van der Waals surface area contributed by atoms with Gasteiger partial charge in [-0.1, -0.05) is 18.2 Å². The van der Waals surface area contributed by atoms with Crippen molar-refractivity contribution in [1.82, 2.24) is 10.2 Å². The summed E-state index contributed by atoms with van der Waals surface area (Å²) in [5.41, 5.74) is 7.86. The minimum Gasteiger partial charge on any atom is -0.492 e. The van der Waals surface area contributed by atoms with Gasteiger partial charge >= 0.3 is 0 Å². The molecule has 1 saturated heterocycles. The summed E-state index contributed by atoms with van der Waals surface area (Å²) in [6.07, 6.45) is 2.16. The zero-order chi connectivity index (χ0) is 19.8. The molecule has 3 N–H and O–H groups in total. The maximum Gasteiger partial charge on any atom is 0.251 e. The SMILES string of the molecule is CN(CCOc1cccc(CNC(=O)c2cccc(N)c2)c1)C1CCOCC1. The van der Waals surface area contributed by atoms with E-state index in [0.717, 1.165) is 43.9 Å². The van der Waals surface area contributed by atoms with E-state index in [1.54, 1.807) is 24.3 Å². The van der Waals surface area contributed by atoms with Crippen LogP contribution < -0.4 is 15.8 Å². The third-order valence-corrected chi connectivity index (χ3v) is 5.03. The van der Waals surface area contributed by atoms with E-state index in [9.17, 15) is 4.79 Å². The lowest BCUT2D eigenvalue weighted by molar-refractivity contribution is 0.0392. The number of likely N-dealkylation sites (N-methyl/N-ethyl adjacent to an activating group) is 1. The second kappa shape index (κ2) is 10.1. The number of anilines is 1. The van der Waals surface area contributed by atoms with E-state index in [1.165, 1.54) is 0 Å². The third-order valence-electron chi connectivity index (χ3n) is 5.03. The fourth-order valence-corrected chi connectivity index (χ4v) is 3.33. The Bertz CT molecular complexity index is 775. The smallest absolute Gasteiger partial charge is 0.251 e. The quantitative estimate of drug-likeness (QED) is 0.686. The predicted molar refractivity (Wildman–Crippen MR) is 110 cm³/mol. The first-order chi connectivity index (χ1) is 13.6. The van der Waals surface area contributed by atoms with Crippen molar-refractivity contribution in [3.63, 3.8) is 0 Å². The zero-order valence-electron chi connectivity index (χ0n) is 16.4. The van der Waals surface area contributed by atoms with E-state index in [4.69, 9.17) is 15.2 Å². The summed E-state index contributed by atoms with van der Waals surface area (Å²) in [4.78, 5) is 14.6. The highest BCUT2D eigenvalue weighted by atomic mass is 16.5. The molecule has 0 aromatic heterocycles. The van der Waals surface area contributed by atoms with Crippen molar-refractivity contribution < 1.29 is 14.3 Å². The van der Waals surface area contributed by atoms with Crippen molar-refractivity contribution in [1.29, 1.82) is 0 Å². The number of carbonyl (C=O) groups is 1. The number of amides is 1. The van der Waals surface area contributed by atoms with Gasteiger partial charge in [-0.2, -0.15) is 0 Å². The molecule has 2 aromatic carbocycles. The normalized spacial score (nSPS) is 14.8. The molecule has 0 saturated carbocycles. The monoisotopic (exact) mass is 383 g/mol. The molecule has 0 aliphatic carbocycles. The van der Waals surface area contributed by atoms with Gasteiger partial charge in [-0.25, -0.2) is 0 Å². The van der Waals surface area contributed by atoms with Crippen LogP contribution in [0.4, 0.5) is 5.69 Å². The Morgan fingerprint density at radius 3 is 2.79 bits per heavy atom. The summed E-state index contributed by atoms with van der Waals surface area (Å²) in [6, 6.07) is 15.4. The van der Waals surface area contributed by atoms with Crippen LogP contribution in [-0.2, 0) is 11.3 Å². The number of nitrogens with two attached hydrogens (primary N) is 1. The molecule has 0 spiro atoms. The van der Waals surface area contributed by atoms with Crippen LogP contribution in [0, 0.1) is 0 Å². The summed E-state index contributed by atoms with van der Waals surface area (Å²) in [5.74, 6) is 0.674. The van der Waals surface area contributed by atoms with Crippen molar-refractivity contribution in [3.8, 4) is 5.75 Å². The van der Waals surface area contributed by atoms with Gasteiger partial charge in [0.25, 0.3) is 5.91 Å². The molecule has 1 fully saturated rings. The molecule has 0 unspecified atom stereocenters. The van der Waals surface area contributed by atoms with E-state index in [2.05, 4.69) is 17.3 Å². The third kappa shape index (κ3) is 5.97. The molecule has 1 aliphatic rings. The second-order valence-corrected chi connectivity index (χ2v) is 7.13. The Labute approximate surface area is 166 Å². The van der Waals surface area contributed by atoms with Crippen LogP contribution >= 0.6 is 0 Å². The Morgan fingerprint density at radius 2 is 2.00 bits per heavy atom. The first-order valence-electron chi connectivity index (χ1n) is 9.75.